The van der Waals surface area contributed by atoms with Crippen LogP contribution in [0.1, 0.15) is 60.8 Å². The first-order chi connectivity index (χ1) is 8.00. The van der Waals surface area contributed by atoms with Crippen molar-refractivity contribution in [1.29, 1.82) is 0 Å². The molecule has 2 heteroatoms. The molecule has 0 aliphatic carbocycles. The highest BCUT2D eigenvalue weighted by atomic mass is 15.3. The fourth-order valence-electron chi connectivity index (χ4n) is 3.36. The zero-order valence-electron chi connectivity index (χ0n) is 12.7. The van der Waals surface area contributed by atoms with E-state index in [-0.39, 0.29) is 0 Å². The van der Waals surface area contributed by atoms with Crippen LogP contribution in [0.5, 0.6) is 0 Å². The van der Waals surface area contributed by atoms with Gasteiger partial charge in [-0.2, -0.15) is 0 Å². The van der Waals surface area contributed by atoms with Gasteiger partial charge in [0.1, 0.15) is 0 Å². The summed E-state index contributed by atoms with van der Waals surface area (Å²) in [7, 11) is 0. The van der Waals surface area contributed by atoms with Gasteiger partial charge in [-0.3, -0.25) is 4.90 Å². The molecule has 0 bridgehead atoms. The second kappa shape index (κ2) is 6.19. The second-order valence-corrected chi connectivity index (χ2v) is 6.05. The second-order valence-electron chi connectivity index (χ2n) is 6.05. The highest BCUT2D eigenvalue weighted by Crippen LogP contribution is 2.31. The van der Waals surface area contributed by atoms with Gasteiger partial charge in [0.05, 0.1) is 0 Å². The van der Waals surface area contributed by atoms with Gasteiger partial charge in [0, 0.05) is 30.7 Å². The van der Waals surface area contributed by atoms with Crippen molar-refractivity contribution in [1.82, 2.24) is 10.2 Å². The van der Waals surface area contributed by atoms with Crippen molar-refractivity contribution in [2.45, 2.75) is 78.4 Å². The van der Waals surface area contributed by atoms with Gasteiger partial charge in [0.2, 0.25) is 0 Å². The number of nitrogens with zero attached hydrogens (tertiary/aromatic N) is 1. The lowest BCUT2D eigenvalue weighted by Gasteiger charge is -2.51. The first-order valence-electron chi connectivity index (χ1n) is 7.50. The third kappa shape index (κ3) is 3.03. The molecule has 0 aromatic rings. The quantitative estimate of drug-likeness (QED) is 0.793. The first kappa shape index (κ1) is 15.0. The minimum atomic E-state index is 0.425. The smallest absolute Gasteiger partial charge is 0.0218 e. The van der Waals surface area contributed by atoms with Crippen LogP contribution >= 0.6 is 0 Å². The van der Waals surface area contributed by atoms with Crippen LogP contribution in [0.25, 0.3) is 0 Å². The van der Waals surface area contributed by atoms with Crippen LogP contribution < -0.4 is 5.32 Å². The van der Waals surface area contributed by atoms with Gasteiger partial charge in [-0.25, -0.2) is 0 Å². The number of piperazine rings is 1. The van der Waals surface area contributed by atoms with E-state index in [9.17, 15) is 0 Å². The van der Waals surface area contributed by atoms with Crippen LogP contribution in [0.3, 0.4) is 0 Å². The SMILES string of the molecule is CCC(CC)(CC)N1CC(C(C)C)NCC1C. The summed E-state index contributed by atoms with van der Waals surface area (Å²) in [5, 5.41) is 3.70. The molecule has 1 N–H and O–H groups in total. The van der Waals surface area contributed by atoms with Crippen molar-refractivity contribution in [2.75, 3.05) is 13.1 Å². The molecular formula is C15H32N2. The van der Waals surface area contributed by atoms with Crippen LogP contribution in [-0.4, -0.2) is 35.6 Å². The van der Waals surface area contributed by atoms with Gasteiger partial charge in [-0.05, 0) is 32.1 Å². The Bertz CT molecular complexity index is 213. The fraction of sp³-hybridized carbons (Fsp3) is 1.00. The molecule has 1 fully saturated rings. The first-order valence-corrected chi connectivity index (χ1v) is 7.50. The van der Waals surface area contributed by atoms with E-state index in [0.29, 0.717) is 17.6 Å². The Kier molecular flexibility index (Phi) is 5.46. The van der Waals surface area contributed by atoms with E-state index in [1.54, 1.807) is 0 Å². The summed E-state index contributed by atoms with van der Waals surface area (Å²) in [6.45, 7) is 16.5. The average molecular weight is 240 g/mol. The molecule has 0 radical (unpaired) electrons. The molecule has 0 aromatic heterocycles. The molecule has 2 atom stereocenters. The van der Waals surface area contributed by atoms with Crippen molar-refractivity contribution >= 4 is 0 Å². The van der Waals surface area contributed by atoms with Crippen LogP contribution in [0.2, 0.25) is 0 Å². The van der Waals surface area contributed by atoms with Gasteiger partial charge in [0.15, 0.2) is 0 Å². The fourth-order valence-corrected chi connectivity index (χ4v) is 3.36. The Labute approximate surface area is 108 Å². The predicted molar refractivity (Wildman–Crippen MR) is 76.4 cm³/mol. The van der Waals surface area contributed by atoms with Gasteiger partial charge >= 0.3 is 0 Å². The third-order valence-electron chi connectivity index (χ3n) is 4.99. The standard InChI is InChI=1S/C15H32N2/c1-7-15(8-2,9-3)17-11-14(12(4)5)16-10-13(17)6/h12-14,16H,7-11H2,1-6H3. The average Bonchev–Trinajstić information content (AvgIpc) is 2.33. The van der Waals surface area contributed by atoms with Gasteiger partial charge in [-0.1, -0.05) is 34.6 Å². The van der Waals surface area contributed by atoms with Crippen LogP contribution in [0.15, 0.2) is 0 Å². The van der Waals surface area contributed by atoms with Crippen molar-refractivity contribution in [2.24, 2.45) is 5.92 Å². The van der Waals surface area contributed by atoms with E-state index >= 15 is 0 Å². The van der Waals surface area contributed by atoms with Crippen molar-refractivity contribution in [3.63, 3.8) is 0 Å². The van der Waals surface area contributed by atoms with E-state index in [0.717, 1.165) is 12.5 Å². The molecule has 0 amide bonds. The van der Waals surface area contributed by atoms with Crippen molar-refractivity contribution in [3.8, 4) is 0 Å². The van der Waals surface area contributed by atoms with Gasteiger partial charge < -0.3 is 5.32 Å². The highest BCUT2D eigenvalue weighted by molar-refractivity contribution is 4.96. The molecule has 0 spiro atoms. The van der Waals surface area contributed by atoms with E-state index in [4.69, 9.17) is 0 Å². The van der Waals surface area contributed by atoms with Crippen LogP contribution in [0.4, 0.5) is 0 Å². The van der Waals surface area contributed by atoms with Gasteiger partial charge in [-0.15, -0.1) is 0 Å². The number of rotatable bonds is 5. The third-order valence-corrected chi connectivity index (χ3v) is 4.99. The summed E-state index contributed by atoms with van der Waals surface area (Å²) >= 11 is 0. The normalized spacial score (nSPS) is 27.7. The molecule has 17 heavy (non-hydrogen) atoms. The Hall–Kier alpha value is -0.0800. The van der Waals surface area contributed by atoms with E-state index in [2.05, 4.69) is 51.8 Å². The monoisotopic (exact) mass is 240 g/mol. The molecule has 1 saturated heterocycles. The molecular weight excluding hydrogens is 208 g/mol. The summed E-state index contributed by atoms with van der Waals surface area (Å²) in [5.41, 5.74) is 0.425. The molecule has 1 aliphatic heterocycles. The van der Waals surface area contributed by atoms with Crippen molar-refractivity contribution in [3.05, 3.63) is 0 Å². The molecule has 1 heterocycles. The lowest BCUT2D eigenvalue weighted by Crippen LogP contribution is -2.64. The Morgan fingerprint density at radius 1 is 1.18 bits per heavy atom. The van der Waals surface area contributed by atoms with E-state index < -0.39 is 0 Å². The maximum atomic E-state index is 3.70. The maximum Gasteiger partial charge on any atom is 0.0218 e. The summed E-state index contributed by atoms with van der Waals surface area (Å²) < 4.78 is 0. The van der Waals surface area contributed by atoms with E-state index in [1.165, 1.54) is 25.8 Å². The molecule has 0 aromatic carbocycles. The van der Waals surface area contributed by atoms with Crippen molar-refractivity contribution < 1.29 is 0 Å². The number of nitrogens with one attached hydrogen (secondary N) is 1. The molecule has 1 rings (SSSR count). The summed E-state index contributed by atoms with van der Waals surface area (Å²) in [6, 6.07) is 1.33. The Morgan fingerprint density at radius 2 is 1.71 bits per heavy atom. The predicted octanol–water partition coefficient (Wildman–Crippen LogP) is 3.27. The molecule has 2 nitrogen and oxygen atoms in total. The summed E-state index contributed by atoms with van der Waals surface area (Å²) in [6.07, 6.45) is 3.82. The van der Waals surface area contributed by atoms with Crippen LogP contribution in [-0.2, 0) is 0 Å². The minimum absolute atomic E-state index is 0.425. The Morgan fingerprint density at radius 3 is 2.12 bits per heavy atom. The summed E-state index contributed by atoms with van der Waals surface area (Å²) in [5.74, 6) is 0.730. The minimum Gasteiger partial charge on any atom is -0.311 e. The molecule has 102 valence electrons. The summed E-state index contributed by atoms with van der Waals surface area (Å²) in [4.78, 5) is 2.79. The lowest BCUT2D eigenvalue weighted by atomic mass is 9.84. The van der Waals surface area contributed by atoms with Gasteiger partial charge in [0.25, 0.3) is 0 Å². The number of hydrogen-bond donors (Lipinski definition) is 1. The Balaban J connectivity index is 2.84. The zero-order chi connectivity index (χ0) is 13.1. The molecule has 2 unspecified atom stereocenters. The topological polar surface area (TPSA) is 15.3 Å². The van der Waals surface area contributed by atoms with E-state index in [1.807, 2.05) is 0 Å². The highest BCUT2D eigenvalue weighted by Gasteiger charge is 2.38. The largest absolute Gasteiger partial charge is 0.311 e. The molecule has 0 saturated carbocycles. The zero-order valence-corrected chi connectivity index (χ0v) is 12.7. The maximum absolute atomic E-state index is 3.70. The van der Waals surface area contributed by atoms with Crippen LogP contribution in [0, 0.1) is 5.92 Å². The molecule has 1 aliphatic rings. The number of hydrogen-bond acceptors (Lipinski definition) is 2. The lowest BCUT2D eigenvalue weighted by molar-refractivity contribution is 0.00000562.